The maximum Gasteiger partial charge on any atom is 0.421 e. The second kappa shape index (κ2) is 12.7. The van der Waals surface area contributed by atoms with Crippen LogP contribution in [0.15, 0.2) is 58.3 Å². The lowest BCUT2D eigenvalue weighted by molar-refractivity contribution is -0.258. The molecule has 1 N–H and O–H groups in total. The topological polar surface area (TPSA) is 93.6 Å². The molecule has 0 saturated carbocycles. The SMILES string of the molecule is CN(C)C(=O)C[C@H]1COCCN1C[C@H]1CN(S(=O)(=O)c2ccccc2S)CCN1c1ccc([C@](C)(O)C(F)(F)F)cc1. The van der Waals surface area contributed by atoms with Crippen LogP contribution in [-0.4, -0.2) is 112 Å². The van der Waals surface area contributed by atoms with Gasteiger partial charge in [0.15, 0.2) is 5.60 Å². The zero-order chi connectivity index (χ0) is 30.9. The summed E-state index contributed by atoms with van der Waals surface area (Å²) in [7, 11) is -0.527. The monoisotopic (exact) mass is 630 g/mol. The molecule has 3 atom stereocenters. The molecule has 1 amide bonds. The summed E-state index contributed by atoms with van der Waals surface area (Å²) in [6.07, 6.45) is -4.62. The summed E-state index contributed by atoms with van der Waals surface area (Å²) in [5.41, 5.74) is -2.71. The van der Waals surface area contributed by atoms with E-state index in [0.717, 1.165) is 0 Å². The number of halogens is 3. The standard InChI is InChI=1S/C28H37F3N4O5S2/c1-27(37,28(29,30)31)20-8-10-21(11-9-20)35-13-12-34(42(38,39)25-7-5-4-6-24(25)41)18-23(35)17-33-14-15-40-19-22(33)16-26(36)32(2)3/h4-11,22-23,37,41H,12-19H2,1-3H3/t22-,23-,27-/m0/s1. The molecular weight excluding hydrogens is 593 g/mol. The van der Waals surface area contributed by atoms with Crippen molar-refractivity contribution in [3.8, 4) is 0 Å². The predicted molar refractivity (Wildman–Crippen MR) is 155 cm³/mol. The van der Waals surface area contributed by atoms with E-state index < -0.39 is 27.8 Å². The number of ether oxygens (including phenoxy) is 1. The number of carbonyl (C=O) groups is 1. The number of thiol groups is 1. The molecule has 2 aromatic rings. The molecule has 0 unspecified atom stereocenters. The number of nitrogens with zero attached hydrogens (tertiary/aromatic N) is 4. The van der Waals surface area contributed by atoms with Crippen molar-refractivity contribution in [2.75, 3.05) is 64.9 Å². The molecule has 42 heavy (non-hydrogen) atoms. The quantitative estimate of drug-likeness (QED) is 0.434. The third kappa shape index (κ3) is 6.89. The molecule has 2 heterocycles. The summed E-state index contributed by atoms with van der Waals surface area (Å²) in [4.78, 5) is 18.6. The largest absolute Gasteiger partial charge is 0.421 e. The van der Waals surface area contributed by atoms with E-state index in [9.17, 15) is 31.5 Å². The minimum atomic E-state index is -4.85. The van der Waals surface area contributed by atoms with Crippen molar-refractivity contribution in [1.29, 1.82) is 0 Å². The summed E-state index contributed by atoms with van der Waals surface area (Å²) in [6, 6.07) is 11.4. The number of carbonyl (C=O) groups excluding carboxylic acids is 1. The van der Waals surface area contributed by atoms with Crippen molar-refractivity contribution in [2.45, 2.75) is 47.0 Å². The third-order valence-electron chi connectivity index (χ3n) is 7.95. The summed E-state index contributed by atoms with van der Waals surface area (Å²) in [5, 5.41) is 10.1. The Labute approximate surface area is 250 Å². The molecule has 9 nitrogen and oxygen atoms in total. The molecule has 0 spiro atoms. The van der Waals surface area contributed by atoms with E-state index in [0.29, 0.717) is 43.8 Å². The molecule has 2 fully saturated rings. The molecule has 2 aromatic carbocycles. The van der Waals surface area contributed by atoms with E-state index >= 15 is 0 Å². The molecule has 0 aromatic heterocycles. The van der Waals surface area contributed by atoms with Crippen molar-refractivity contribution in [2.24, 2.45) is 0 Å². The normalized spacial score (nSPS) is 22.5. The first kappa shape index (κ1) is 32.6. The highest BCUT2D eigenvalue weighted by Crippen LogP contribution is 2.39. The highest BCUT2D eigenvalue weighted by atomic mass is 32.2. The highest BCUT2D eigenvalue weighted by molar-refractivity contribution is 7.90. The molecule has 2 aliphatic rings. The zero-order valence-electron chi connectivity index (χ0n) is 23.8. The van der Waals surface area contributed by atoms with Crippen LogP contribution in [0.1, 0.15) is 18.9 Å². The van der Waals surface area contributed by atoms with Crippen LogP contribution >= 0.6 is 12.6 Å². The van der Waals surface area contributed by atoms with Gasteiger partial charge in [-0.2, -0.15) is 17.5 Å². The Hall–Kier alpha value is -2.36. The number of aliphatic hydroxyl groups is 1. The molecule has 0 radical (unpaired) electrons. The van der Waals surface area contributed by atoms with Crippen molar-refractivity contribution in [3.05, 3.63) is 54.1 Å². The Balaban J connectivity index is 1.64. The lowest BCUT2D eigenvalue weighted by Gasteiger charge is -2.46. The molecule has 0 aliphatic carbocycles. The highest BCUT2D eigenvalue weighted by Gasteiger charge is 2.51. The number of amides is 1. The first-order valence-corrected chi connectivity index (χ1v) is 15.5. The molecule has 2 aliphatic heterocycles. The van der Waals surface area contributed by atoms with Crippen LogP contribution in [0.2, 0.25) is 0 Å². The van der Waals surface area contributed by atoms with Gasteiger partial charge in [-0.15, -0.1) is 12.6 Å². The molecule has 232 valence electrons. The lowest BCUT2D eigenvalue weighted by atomic mass is 9.95. The van der Waals surface area contributed by atoms with Gasteiger partial charge in [0, 0.05) is 69.9 Å². The van der Waals surface area contributed by atoms with Crippen LogP contribution in [0.25, 0.3) is 0 Å². The Morgan fingerprint density at radius 3 is 2.36 bits per heavy atom. The lowest BCUT2D eigenvalue weighted by Crippen LogP contribution is -2.60. The van der Waals surface area contributed by atoms with Crippen molar-refractivity contribution in [3.63, 3.8) is 0 Å². The summed E-state index contributed by atoms with van der Waals surface area (Å²) < 4.78 is 74.7. The number of piperazine rings is 1. The average Bonchev–Trinajstić information content (AvgIpc) is 2.93. The van der Waals surface area contributed by atoms with Gasteiger partial charge in [0.1, 0.15) is 0 Å². The summed E-state index contributed by atoms with van der Waals surface area (Å²) in [6.45, 7) is 2.98. The van der Waals surface area contributed by atoms with E-state index in [2.05, 4.69) is 17.5 Å². The summed E-state index contributed by atoms with van der Waals surface area (Å²) in [5.74, 6) is -0.0575. The minimum Gasteiger partial charge on any atom is -0.378 e. The van der Waals surface area contributed by atoms with Gasteiger partial charge >= 0.3 is 6.18 Å². The fraction of sp³-hybridized carbons (Fsp3) is 0.536. The first-order valence-electron chi connectivity index (χ1n) is 13.6. The van der Waals surface area contributed by atoms with Crippen molar-refractivity contribution < 1.29 is 36.2 Å². The second-order valence-electron chi connectivity index (χ2n) is 11.0. The third-order valence-corrected chi connectivity index (χ3v) is 10.4. The Morgan fingerprint density at radius 2 is 1.74 bits per heavy atom. The molecule has 4 rings (SSSR count). The van der Waals surface area contributed by atoms with Gasteiger partial charge in [-0.25, -0.2) is 8.42 Å². The van der Waals surface area contributed by atoms with Crippen LogP contribution in [0.4, 0.5) is 18.9 Å². The smallest absolute Gasteiger partial charge is 0.378 e. The number of hydrogen-bond donors (Lipinski definition) is 2. The molecule has 14 heteroatoms. The van der Waals surface area contributed by atoms with Crippen molar-refractivity contribution >= 4 is 34.2 Å². The Kier molecular flexibility index (Phi) is 9.85. The zero-order valence-corrected chi connectivity index (χ0v) is 25.5. The van der Waals surface area contributed by atoms with Crippen LogP contribution in [0.5, 0.6) is 0 Å². The van der Waals surface area contributed by atoms with Gasteiger partial charge in [0.2, 0.25) is 15.9 Å². The number of hydrogen-bond acceptors (Lipinski definition) is 8. The summed E-state index contributed by atoms with van der Waals surface area (Å²) >= 11 is 4.35. The number of sulfonamides is 1. The number of rotatable bonds is 8. The van der Waals surface area contributed by atoms with Gasteiger partial charge in [0.05, 0.1) is 24.2 Å². The van der Waals surface area contributed by atoms with E-state index in [1.807, 2.05) is 4.90 Å². The van der Waals surface area contributed by atoms with E-state index in [4.69, 9.17) is 4.74 Å². The van der Waals surface area contributed by atoms with Gasteiger partial charge in [-0.3, -0.25) is 9.69 Å². The number of morpholine rings is 1. The molecule has 0 bridgehead atoms. The Bertz CT molecular complexity index is 1360. The number of alkyl halides is 3. The number of anilines is 1. The molecular formula is C28H37F3N4O5S2. The first-order chi connectivity index (χ1) is 19.6. The van der Waals surface area contributed by atoms with Gasteiger partial charge < -0.3 is 19.6 Å². The fourth-order valence-electron chi connectivity index (χ4n) is 5.27. The number of benzene rings is 2. The van der Waals surface area contributed by atoms with Crippen LogP contribution < -0.4 is 4.90 Å². The predicted octanol–water partition coefficient (Wildman–Crippen LogP) is 2.80. The van der Waals surface area contributed by atoms with Crippen LogP contribution in [0, 0.1) is 0 Å². The minimum absolute atomic E-state index is 0.0575. The maximum atomic E-state index is 13.7. The average molecular weight is 631 g/mol. The van der Waals surface area contributed by atoms with Gasteiger partial charge in [-0.1, -0.05) is 24.3 Å². The Morgan fingerprint density at radius 1 is 1.07 bits per heavy atom. The van der Waals surface area contributed by atoms with Crippen molar-refractivity contribution in [1.82, 2.24) is 14.1 Å². The maximum absolute atomic E-state index is 13.7. The van der Waals surface area contributed by atoms with Gasteiger partial charge in [-0.05, 0) is 36.8 Å². The molecule has 2 saturated heterocycles. The van der Waals surface area contributed by atoms with E-state index in [1.165, 1.54) is 39.5 Å². The van der Waals surface area contributed by atoms with Crippen LogP contribution in [-0.2, 0) is 25.2 Å². The fourth-order valence-corrected chi connectivity index (χ4v) is 7.33. The second-order valence-corrected chi connectivity index (χ2v) is 13.4. The van der Waals surface area contributed by atoms with Crippen LogP contribution in [0.3, 0.4) is 0 Å². The van der Waals surface area contributed by atoms with E-state index in [1.54, 1.807) is 32.3 Å². The van der Waals surface area contributed by atoms with E-state index in [-0.39, 0.29) is 48.5 Å². The van der Waals surface area contributed by atoms with Gasteiger partial charge in [0.25, 0.3) is 0 Å².